The number of rotatable bonds is 6. The first-order chi connectivity index (χ1) is 7.68. The van der Waals surface area contributed by atoms with Crippen molar-refractivity contribution < 1.29 is 4.74 Å². The van der Waals surface area contributed by atoms with Gasteiger partial charge in [-0.25, -0.2) is 0 Å². The van der Waals surface area contributed by atoms with Gasteiger partial charge in [0.05, 0.1) is 12.7 Å². The predicted octanol–water partition coefficient (Wildman–Crippen LogP) is 2.00. The van der Waals surface area contributed by atoms with E-state index < -0.39 is 0 Å². The van der Waals surface area contributed by atoms with Gasteiger partial charge in [0.1, 0.15) is 0 Å². The van der Waals surface area contributed by atoms with Gasteiger partial charge in [0, 0.05) is 25.2 Å². The Hall–Kier alpha value is -0.120. The monoisotopic (exact) mass is 228 g/mol. The van der Waals surface area contributed by atoms with Gasteiger partial charge in [-0.3, -0.25) is 4.90 Å². The molecule has 1 saturated heterocycles. The Morgan fingerprint density at radius 3 is 2.38 bits per heavy atom. The molecule has 0 saturated carbocycles. The Bertz CT molecular complexity index is 190. The normalized spacial score (nSPS) is 23.6. The lowest BCUT2D eigenvalue weighted by molar-refractivity contribution is -0.0657. The third-order valence-corrected chi connectivity index (χ3v) is 3.72. The van der Waals surface area contributed by atoms with Gasteiger partial charge < -0.3 is 10.5 Å². The molecule has 16 heavy (non-hydrogen) atoms. The van der Waals surface area contributed by atoms with Crippen LogP contribution in [0.4, 0.5) is 0 Å². The fourth-order valence-corrected chi connectivity index (χ4v) is 2.95. The molecular weight excluding hydrogens is 200 g/mol. The molecule has 0 aromatic rings. The Morgan fingerprint density at radius 1 is 1.31 bits per heavy atom. The average molecular weight is 228 g/mol. The van der Waals surface area contributed by atoms with Crippen molar-refractivity contribution in [1.82, 2.24) is 4.90 Å². The number of ether oxygens (including phenoxy) is 1. The van der Waals surface area contributed by atoms with E-state index in [1.165, 1.54) is 25.7 Å². The van der Waals surface area contributed by atoms with Crippen LogP contribution in [0.1, 0.15) is 46.5 Å². The van der Waals surface area contributed by atoms with Gasteiger partial charge >= 0.3 is 0 Å². The lowest BCUT2D eigenvalue weighted by Crippen LogP contribution is -2.58. The molecule has 1 heterocycles. The van der Waals surface area contributed by atoms with E-state index in [0.717, 1.165) is 26.2 Å². The summed E-state index contributed by atoms with van der Waals surface area (Å²) in [6.07, 6.45) is 5.20. The summed E-state index contributed by atoms with van der Waals surface area (Å²) in [6, 6.07) is 0. The first kappa shape index (κ1) is 13.9. The number of morpholine rings is 1. The zero-order valence-corrected chi connectivity index (χ0v) is 11.2. The van der Waals surface area contributed by atoms with Gasteiger partial charge in [-0.1, -0.05) is 26.7 Å². The fraction of sp³-hybridized carbons (Fsp3) is 1.00. The smallest absolute Gasteiger partial charge is 0.0674 e. The first-order valence-electron chi connectivity index (χ1n) is 6.75. The Morgan fingerprint density at radius 2 is 1.94 bits per heavy atom. The minimum Gasteiger partial charge on any atom is -0.376 e. The summed E-state index contributed by atoms with van der Waals surface area (Å²) < 4.78 is 5.62. The SMILES string of the molecule is CCCC(CN)(CCC)N1CCOC(C)C1. The van der Waals surface area contributed by atoms with Crippen LogP contribution in [0.15, 0.2) is 0 Å². The van der Waals surface area contributed by atoms with Gasteiger partial charge in [-0.15, -0.1) is 0 Å². The maximum atomic E-state index is 6.07. The first-order valence-corrected chi connectivity index (χ1v) is 6.75. The van der Waals surface area contributed by atoms with Gasteiger partial charge in [-0.2, -0.15) is 0 Å². The highest BCUT2D eigenvalue weighted by Crippen LogP contribution is 2.28. The van der Waals surface area contributed by atoms with Gasteiger partial charge in [0.25, 0.3) is 0 Å². The molecule has 0 bridgehead atoms. The van der Waals surface area contributed by atoms with Crippen molar-refractivity contribution in [2.45, 2.75) is 58.1 Å². The molecule has 1 aliphatic rings. The fourth-order valence-electron chi connectivity index (χ4n) is 2.95. The van der Waals surface area contributed by atoms with E-state index in [0.29, 0.717) is 6.10 Å². The molecule has 3 heteroatoms. The van der Waals surface area contributed by atoms with Crippen LogP contribution in [0.3, 0.4) is 0 Å². The predicted molar refractivity (Wildman–Crippen MR) is 68.6 cm³/mol. The number of nitrogens with two attached hydrogens (primary N) is 1. The molecule has 1 unspecified atom stereocenters. The van der Waals surface area contributed by atoms with Crippen molar-refractivity contribution >= 4 is 0 Å². The van der Waals surface area contributed by atoms with E-state index in [1.54, 1.807) is 0 Å². The van der Waals surface area contributed by atoms with Crippen molar-refractivity contribution in [3.05, 3.63) is 0 Å². The molecule has 1 fully saturated rings. The molecule has 3 nitrogen and oxygen atoms in total. The third kappa shape index (κ3) is 3.19. The van der Waals surface area contributed by atoms with Crippen molar-refractivity contribution in [3.63, 3.8) is 0 Å². The van der Waals surface area contributed by atoms with Crippen molar-refractivity contribution in [1.29, 1.82) is 0 Å². The van der Waals surface area contributed by atoms with Crippen molar-refractivity contribution in [2.75, 3.05) is 26.2 Å². The minimum atomic E-state index is 0.224. The standard InChI is InChI=1S/C13H28N2O/c1-4-6-13(11-14,7-5-2)15-8-9-16-12(3)10-15/h12H,4-11,14H2,1-3H3. The van der Waals surface area contributed by atoms with Crippen LogP contribution < -0.4 is 5.73 Å². The quantitative estimate of drug-likeness (QED) is 0.756. The van der Waals surface area contributed by atoms with Crippen molar-refractivity contribution in [2.24, 2.45) is 5.73 Å². The highest BCUT2D eigenvalue weighted by Gasteiger charge is 2.36. The molecule has 0 spiro atoms. The van der Waals surface area contributed by atoms with E-state index in [-0.39, 0.29) is 5.54 Å². The molecule has 0 aromatic heterocycles. The molecule has 0 amide bonds. The lowest BCUT2D eigenvalue weighted by Gasteiger charge is -2.47. The second-order valence-electron chi connectivity index (χ2n) is 5.06. The molecule has 0 radical (unpaired) electrons. The zero-order chi connectivity index (χ0) is 12.0. The summed E-state index contributed by atoms with van der Waals surface area (Å²) in [7, 11) is 0. The number of hydrogen-bond acceptors (Lipinski definition) is 3. The Kier molecular flexibility index (Phi) is 5.73. The highest BCUT2D eigenvalue weighted by molar-refractivity contribution is 4.93. The van der Waals surface area contributed by atoms with Crippen LogP contribution in [-0.2, 0) is 4.74 Å². The van der Waals surface area contributed by atoms with E-state index in [1.807, 2.05) is 0 Å². The second kappa shape index (κ2) is 6.58. The topological polar surface area (TPSA) is 38.5 Å². The molecule has 96 valence electrons. The lowest BCUT2D eigenvalue weighted by atomic mass is 9.86. The molecule has 0 aromatic carbocycles. The average Bonchev–Trinajstić information content (AvgIpc) is 2.28. The van der Waals surface area contributed by atoms with Gasteiger partial charge in [0.15, 0.2) is 0 Å². The molecule has 0 aliphatic carbocycles. The summed E-state index contributed by atoms with van der Waals surface area (Å²) in [4.78, 5) is 2.58. The van der Waals surface area contributed by atoms with Gasteiger partial charge in [-0.05, 0) is 19.8 Å². The van der Waals surface area contributed by atoms with Crippen LogP contribution >= 0.6 is 0 Å². The van der Waals surface area contributed by atoms with Crippen LogP contribution in [-0.4, -0.2) is 42.8 Å². The summed E-state index contributed by atoms with van der Waals surface area (Å²) in [5.41, 5.74) is 6.30. The molecule has 1 rings (SSSR count). The Labute approximate surface area is 100 Å². The number of nitrogens with zero attached hydrogens (tertiary/aromatic N) is 1. The van der Waals surface area contributed by atoms with Crippen molar-refractivity contribution in [3.8, 4) is 0 Å². The summed E-state index contributed by atoms with van der Waals surface area (Å²) >= 11 is 0. The van der Waals surface area contributed by atoms with Crippen LogP contribution in [0.25, 0.3) is 0 Å². The summed E-state index contributed by atoms with van der Waals surface area (Å²) in [5.74, 6) is 0. The summed E-state index contributed by atoms with van der Waals surface area (Å²) in [5, 5.41) is 0. The molecular formula is C13H28N2O. The minimum absolute atomic E-state index is 0.224. The van der Waals surface area contributed by atoms with Gasteiger partial charge in [0.2, 0.25) is 0 Å². The van der Waals surface area contributed by atoms with E-state index in [4.69, 9.17) is 10.5 Å². The van der Waals surface area contributed by atoms with Crippen LogP contribution in [0, 0.1) is 0 Å². The second-order valence-corrected chi connectivity index (χ2v) is 5.06. The Balaban J connectivity index is 2.72. The third-order valence-electron chi connectivity index (χ3n) is 3.72. The van der Waals surface area contributed by atoms with E-state index in [9.17, 15) is 0 Å². The largest absolute Gasteiger partial charge is 0.376 e. The van der Waals surface area contributed by atoms with E-state index in [2.05, 4.69) is 25.7 Å². The van der Waals surface area contributed by atoms with Crippen LogP contribution in [0.2, 0.25) is 0 Å². The maximum Gasteiger partial charge on any atom is 0.0674 e. The highest BCUT2D eigenvalue weighted by atomic mass is 16.5. The molecule has 1 atom stereocenters. The zero-order valence-electron chi connectivity index (χ0n) is 11.2. The molecule has 2 N–H and O–H groups in total. The van der Waals surface area contributed by atoms with E-state index >= 15 is 0 Å². The molecule has 1 aliphatic heterocycles. The maximum absolute atomic E-state index is 6.07. The summed E-state index contributed by atoms with van der Waals surface area (Å²) in [6.45, 7) is 10.4. The van der Waals surface area contributed by atoms with Crippen LogP contribution in [0.5, 0.6) is 0 Å². The number of hydrogen-bond donors (Lipinski definition) is 1.